The van der Waals surface area contributed by atoms with Crippen molar-refractivity contribution >= 4 is 5.91 Å². The molecule has 1 fully saturated rings. The molecule has 1 heterocycles. The number of nitrogens with one attached hydrogen (secondary N) is 2. The molecular formula is C11H20N2O2. The summed E-state index contributed by atoms with van der Waals surface area (Å²) in [5, 5.41) is 5.80. The number of carbonyl (C=O) groups is 1. The molecule has 1 atom stereocenters. The molecule has 0 aromatic carbocycles. The summed E-state index contributed by atoms with van der Waals surface area (Å²) >= 11 is 0. The fourth-order valence-corrected chi connectivity index (χ4v) is 1.55. The largest absolute Gasteiger partial charge is 0.376 e. The second-order valence-corrected chi connectivity index (χ2v) is 3.71. The molecule has 4 heteroatoms. The van der Waals surface area contributed by atoms with Gasteiger partial charge in [0.05, 0.1) is 12.6 Å². The zero-order valence-electron chi connectivity index (χ0n) is 9.13. The van der Waals surface area contributed by atoms with Gasteiger partial charge in [-0.25, -0.2) is 0 Å². The van der Waals surface area contributed by atoms with Crippen LogP contribution in [-0.4, -0.2) is 38.3 Å². The van der Waals surface area contributed by atoms with Crippen LogP contribution in [0.2, 0.25) is 0 Å². The minimum Gasteiger partial charge on any atom is -0.376 e. The molecule has 86 valence electrons. The van der Waals surface area contributed by atoms with E-state index in [1.165, 1.54) is 6.42 Å². The smallest absolute Gasteiger partial charge is 0.234 e. The van der Waals surface area contributed by atoms with Crippen LogP contribution in [0.4, 0.5) is 0 Å². The van der Waals surface area contributed by atoms with Crippen molar-refractivity contribution in [2.75, 3.05) is 26.2 Å². The van der Waals surface area contributed by atoms with E-state index in [0.717, 1.165) is 19.4 Å². The maximum absolute atomic E-state index is 11.3. The molecule has 0 saturated carbocycles. The number of ether oxygens (including phenoxy) is 1. The summed E-state index contributed by atoms with van der Waals surface area (Å²) in [5.41, 5.74) is 0. The van der Waals surface area contributed by atoms with Gasteiger partial charge in [0.25, 0.3) is 0 Å². The van der Waals surface area contributed by atoms with Crippen molar-refractivity contribution in [1.82, 2.24) is 10.6 Å². The Kier molecular flexibility index (Phi) is 6.04. The van der Waals surface area contributed by atoms with Gasteiger partial charge >= 0.3 is 0 Å². The van der Waals surface area contributed by atoms with E-state index in [4.69, 9.17) is 4.74 Å². The zero-order chi connectivity index (χ0) is 10.9. The minimum atomic E-state index is 0.0195. The van der Waals surface area contributed by atoms with Crippen molar-refractivity contribution in [3.05, 3.63) is 12.7 Å². The van der Waals surface area contributed by atoms with Crippen LogP contribution < -0.4 is 10.6 Å². The van der Waals surface area contributed by atoms with Crippen molar-refractivity contribution in [3.8, 4) is 0 Å². The summed E-state index contributed by atoms with van der Waals surface area (Å²) in [5.74, 6) is 0.0195. The van der Waals surface area contributed by atoms with Crippen molar-refractivity contribution < 1.29 is 9.53 Å². The molecule has 1 aliphatic rings. The Morgan fingerprint density at radius 3 is 3.07 bits per heavy atom. The maximum Gasteiger partial charge on any atom is 0.234 e. The predicted molar refractivity (Wildman–Crippen MR) is 59.7 cm³/mol. The quantitative estimate of drug-likeness (QED) is 0.496. The molecule has 0 aromatic heterocycles. The molecule has 0 aromatic rings. The van der Waals surface area contributed by atoms with Gasteiger partial charge in [-0.3, -0.25) is 4.79 Å². The number of rotatable bonds is 6. The van der Waals surface area contributed by atoms with E-state index < -0.39 is 0 Å². The van der Waals surface area contributed by atoms with Crippen LogP contribution in [0.5, 0.6) is 0 Å². The van der Waals surface area contributed by atoms with Crippen molar-refractivity contribution in [2.45, 2.75) is 25.4 Å². The molecule has 0 aliphatic carbocycles. The monoisotopic (exact) mass is 212 g/mol. The van der Waals surface area contributed by atoms with Crippen LogP contribution >= 0.6 is 0 Å². The number of hydrogen-bond acceptors (Lipinski definition) is 3. The first kappa shape index (κ1) is 12.2. The molecule has 1 unspecified atom stereocenters. The molecule has 0 bridgehead atoms. The highest BCUT2D eigenvalue weighted by molar-refractivity contribution is 5.77. The van der Waals surface area contributed by atoms with Crippen LogP contribution in [0.3, 0.4) is 0 Å². The first-order valence-corrected chi connectivity index (χ1v) is 5.53. The van der Waals surface area contributed by atoms with Gasteiger partial charge in [0.1, 0.15) is 0 Å². The Hall–Kier alpha value is -0.870. The van der Waals surface area contributed by atoms with Gasteiger partial charge in [0, 0.05) is 19.7 Å². The average molecular weight is 212 g/mol. The van der Waals surface area contributed by atoms with E-state index >= 15 is 0 Å². The molecule has 1 rings (SSSR count). The minimum absolute atomic E-state index is 0.0195. The van der Waals surface area contributed by atoms with E-state index in [1.807, 2.05) is 0 Å². The normalized spacial score (nSPS) is 20.9. The summed E-state index contributed by atoms with van der Waals surface area (Å²) in [7, 11) is 0. The summed E-state index contributed by atoms with van der Waals surface area (Å²) < 4.78 is 5.50. The molecular weight excluding hydrogens is 192 g/mol. The Labute approximate surface area is 91.1 Å². The summed E-state index contributed by atoms with van der Waals surface area (Å²) in [4.78, 5) is 11.3. The fourth-order valence-electron chi connectivity index (χ4n) is 1.55. The number of hydrogen-bond donors (Lipinski definition) is 2. The van der Waals surface area contributed by atoms with Gasteiger partial charge in [-0.15, -0.1) is 6.58 Å². The van der Waals surface area contributed by atoms with Crippen LogP contribution in [-0.2, 0) is 9.53 Å². The SMILES string of the molecule is C=CCNCC(=O)NCC1CCCCO1. The first-order valence-electron chi connectivity index (χ1n) is 5.53. The summed E-state index contributed by atoms with van der Waals surface area (Å²) in [6.45, 7) is 6.03. The second-order valence-electron chi connectivity index (χ2n) is 3.71. The van der Waals surface area contributed by atoms with Gasteiger partial charge in [0.2, 0.25) is 5.91 Å². The molecule has 1 saturated heterocycles. The Morgan fingerprint density at radius 2 is 2.40 bits per heavy atom. The van der Waals surface area contributed by atoms with E-state index in [1.54, 1.807) is 6.08 Å². The highest BCUT2D eigenvalue weighted by Gasteiger charge is 2.14. The van der Waals surface area contributed by atoms with E-state index in [2.05, 4.69) is 17.2 Å². The van der Waals surface area contributed by atoms with Crippen molar-refractivity contribution in [2.24, 2.45) is 0 Å². The summed E-state index contributed by atoms with van der Waals surface area (Å²) in [6.07, 6.45) is 5.35. The van der Waals surface area contributed by atoms with Gasteiger partial charge in [-0.05, 0) is 19.3 Å². The van der Waals surface area contributed by atoms with Gasteiger partial charge in [-0.2, -0.15) is 0 Å². The summed E-state index contributed by atoms with van der Waals surface area (Å²) in [6, 6.07) is 0. The molecule has 1 aliphatic heterocycles. The van der Waals surface area contributed by atoms with Crippen LogP contribution in [0, 0.1) is 0 Å². The predicted octanol–water partition coefficient (Wildman–Crippen LogP) is 0.447. The Bertz CT molecular complexity index is 201. The van der Waals surface area contributed by atoms with Gasteiger partial charge < -0.3 is 15.4 Å². The number of amides is 1. The lowest BCUT2D eigenvalue weighted by molar-refractivity contribution is -0.121. The standard InChI is InChI=1S/C11H20N2O2/c1-2-6-12-9-11(14)13-8-10-5-3-4-7-15-10/h2,10,12H,1,3-9H2,(H,13,14). The van der Waals surface area contributed by atoms with Crippen molar-refractivity contribution in [1.29, 1.82) is 0 Å². The third-order valence-electron chi connectivity index (χ3n) is 2.38. The van der Waals surface area contributed by atoms with Gasteiger partial charge in [-0.1, -0.05) is 6.08 Å². The Balaban J connectivity index is 2.02. The fraction of sp³-hybridized carbons (Fsp3) is 0.727. The molecule has 2 N–H and O–H groups in total. The lowest BCUT2D eigenvalue weighted by atomic mass is 10.1. The molecule has 4 nitrogen and oxygen atoms in total. The molecule has 0 radical (unpaired) electrons. The van der Waals surface area contributed by atoms with E-state index in [0.29, 0.717) is 19.6 Å². The highest BCUT2D eigenvalue weighted by Crippen LogP contribution is 2.11. The lowest BCUT2D eigenvalue weighted by Gasteiger charge is -2.22. The topological polar surface area (TPSA) is 50.4 Å². The second kappa shape index (κ2) is 7.43. The molecule has 1 amide bonds. The highest BCUT2D eigenvalue weighted by atomic mass is 16.5. The lowest BCUT2D eigenvalue weighted by Crippen LogP contribution is -2.39. The molecule has 15 heavy (non-hydrogen) atoms. The molecule has 0 spiro atoms. The van der Waals surface area contributed by atoms with Crippen LogP contribution in [0.15, 0.2) is 12.7 Å². The third-order valence-corrected chi connectivity index (χ3v) is 2.38. The van der Waals surface area contributed by atoms with Crippen LogP contribution in [0.25, 0.3) is 0 Å². The number of carbonyl (C=O) groups excluding carboxylic acids is 1. The first-order chi connectivity index (χ1) is 7.33. The van der Waals surface area contributed by atoms with Crippen molar-refractivity contribution in [3.63, 3.8) is 0 Å². The third kappa shape index (κ3) is 5.54. The van der Waals surface area contributed by atoms with E-state index in [-0.39, 0.29) is 12.0 Å². The van der Waals surface area contributed by atoms with Crippen LogP contribution in [0.1, 0.15) is 19.3 Å². The van der Waals surface area contributed by atoms with E-state index in [9.17, 15) is 4.79 Å². The maximum atomic E-state index is 11.3. The zero-order valence-corrected chi connectivity index (χ0v) is 9.13. The Morgan fingerprint density at radius 1 is 1.53 bits per heavy atom. The van der Waals surface area contributed by atoms with Gasteiger partial charge in [0.15, 0.2) is 0 Å². The average Bonchev–Trinajstić information content (AvgIpc) is 2.28.